The van der Waals surface area contributed by atoms with Gasteiger partial charge in [0.2, 0.25) is 5.91 Å². The van der Waals surface area contributed by atoms with Crippen LogP contribution in [-0.2, 0) is 11.3 Å². The minimum absolute atomic E-state index is 0.0740. The van der Waals surface area contributed by atoms with Gasteiger partial charge in [0.05, 0.1) is 11.1 Å². The minimum atomic E-state index is -0.329. The molecule has 0 radical (unpaired) electrons. The summed E-state index contributed by atoms with van der Waals surface area (Å²) in [6, 6.07) is 11.6. The summed E-state index contributed by atoms with van der Waals surface area (Å²) in [6.07, 6.45) is 2.44. The molecule has 1 saturated carbocycles. The van der Waals surface area contributed by atoms with Crippen molar-refractivity contribution in [3.8, 4) is 0 Å². The normalized spacial score (nSPS) is 15.6. The van der Waals surface area contributed by atoms with Gasteiger partial charge in [-0.2, -0.15) is 0 Å². The fourth-order valence-electron chi connectivity index (χ4n) is 3.62. The Morgan fingerprint density at radius 2 is 1.83 bits per heavy atom. The average molecular weight is 459 g/mol. The number of carbonyl (C=O) groups excluding carboxylic acids is 3. The Labute approximate surface area is 176 Å². The van der Waals surface area contributed by atoms with Crippen LogP contribution < -0.4 is 0 Å². The third-order valence-electron chi connectivity index (χ3n) is 5.31. The van der Waals surface area contributed by atoms with Gasteiger partial charge in [-0.3, -0.25) is 19.3 Å². The zero-order chi connectivity index (χ0) is 20.5. The van der Waals surface area contributed by atoms with Crippen LogP contribution in [0.3, 0.4) is 0 Å². The average Bonchev–Trinajstić information content (AvgIpc) is 3.51. The molecule has 1 aliphatic carbocycles. The van der Waals surface area contributed by atoms with Gasteiger partial charge in [-0.05, 0) is 43.5 Å². The molecule has 1 aliphatic heterocycles. The number of benzene rings is 2. The molecule has 5 nitrogen and oxygen atoms in total. The molecular weight excluding hydrogens is 439 g/mol. The van der Waals surface area contributed by atoms with Crippen LogP contribution in [0, 0.1) is 5.82 Å². The highest BCUT2D eigenvalue weighted by atomic mass is 79.9. The summed E-state index contributed by atoms with van der Waals surface area (Å²) in [5.74, 6) is -1.04. The first-order chi connectivity index (χ1) is 14.0. The van der Waals surface area contributed by atoms with Crippen molar-refractivity contribution in [1.82, 2.24) is 9.80 Å². The summed E-state index contributed by atoms with van der Waals surface area (Å²) in [7, 11) is 0. The van der Waals surface area contributed by atoms with Crippen LogP contribution in [0.5, 0.6) is 0 Å². The molecule has 1 fully saturated rings. The van der Waals surface area contributed by atoms with Crippen LogP contribution >= 0.6 is 15.9 Å². The predicted molar refractivity (Wildman–Crippen MR) is 109 cm³/mol. The summed E-state index contributed by atoms with van der Waals surface area (Å²) in [4.78, 5) is 40.7. The number of carbonyl (C=O) groups is 3. The number of halogens is 2. The van der Waals surface area contributed by atoms with E-state index in [0.29, 0.717) is 23.1 Å². The lowest BCUT2D eigenvalue weighted by molar-refractivity contribution is -0.132. The Bertz CT molecular complexity index is 990. The second kappa shape index (κ2) is 8.06. The van der Waals surface area contributed by atoms with Crippen LogP contribution in [0.1, 0.15) is 52.0 Å². The Morgan fingerprint density at radius 1 is 1.10 bits per heavy atom. The Balaban J connectivity index is 1.36. The highest BCUT2D eigenvalue weighted by Gasteiger charge is 2.36. The topological polar surface area (TPSA) is 57.7 Å². The number of fused-ring (bicyclic) bond motifs is 1. The SMILES string of the molecule is O=C1c2ccc(Br)cc2C(=O)N1CCCC(=O)N(Cc1ccccc1F)C1CC1. The van der Waals surface area contributed by atoms with E-state index < -0.39 is 0 Å². The molecule has 3 amide bonds. The van der Waals surface area contributed by atoms with E-state index in [4.69, 9.17) is 0 Å². The Hall–Kier alpha value is -2.54. The van der Waals surface area contributed by atoms with Crippen LogP contribution in [0.2, 0.25) is 0 Å². The number of amides is 3. The summed E-state index contributed by atoms with van der Waals surface area (Å²) in [5.41, 5.74) is 1.28. The smallest absolute Gasteiger partial charge is 0.261 e. The molecule has 2 aliphatic rings. The number of rotatable bonds is 7. The van der Waals surface area contributed by atoms with Crippen LogP contribution in [0.4, 0.5) is 4.39 Å². The molecule has 0 bridgehead atoms. The molecule has 0 saturated heterocycles. The molecule has 0 spiro atoms. The molecule has 0 N–H and O–H groups in total. The highest BCUT2D eigenvalue weighted by molar-refractivity contribution is 9.10. The van der Waals surface area contributed by atoms with Crippen molar-refractivity contribution in [2.45, 2.75) is 38.3 Å². The third-order valence-corrected chi connectivity index (χ3v) is 5.80. The van der Waals surface area contributed by atoms with Gasteiger partial charge in [-0.1, -0.05) is 34.1 Å². The Kier molecular flexibility index (Phi) is 5.50. The lowest BCUT2D eigenvalue weighted by atomic mass is 10.1. The van der Waals surface area contributed by atoms with Gasteiger partial charge >= 0.3 is 0 Å². The van der Waals surface area contributed by atoms with E-state index in [-0.39, 0.29) is 49.1 Å². The van der Waals surface area contributed by atoms with Crippen molar-refractivity contribution in [2.24, 2.45) is 0 Å². The molecule has 0 aromatic heterocycles. The van der Waals surface area contributed by atoms with Crippen molar-refractivity contribution >= 4 is 33.7 Å². The lowest BCUT2D eigenvalue weighted by Gasteiger charge is -2.23. The van der Waals surface area contributed by atoms with Gasteiger partial charge < -0.3 is 4.90 Å². The van der Waals surface area contributed by atoms with Crippen molar-refractivity contribution < 1.29 is 18.8 Å². The highest BCUT2D eigenvalue weighted by Crippen LogP contribution is 2.30. The molecule has 29 heavy (non-hydrogen) atoms. The minimum Gasteiger partial charge on any atom is -0.335 e. The molecule has 1 heterocycles. The van der Waals surface area contributed by atoms with E-state index in [1.807, 2.05) is 0 Å². The monoisotopic (exact) mass is 458 g/mol. The summed E-state index contributed by atoms with van der Waals surface area (Å²) >= 11 is 3.31. The summed E-state index contributed by atoms with van der Waals surface area (Å²) in [5, 5.41) is 0. The van der Waals surface area contributed by atoms with Gasteiger partial charge in [-0.25, -0.2) is 4.39 Å². The van der Waals surface area contributed by atoms with Crippen molar-refractivity contribution in [2.75, 3.05) is 6.54 Å². The Morgan fingerprint density at radius 3 is 2.55 bits per heavy atom. The first-order valence-corrected chi connectivity index (χ1v) is 10.4. The van der Waals surface area contributed by atoms with E-state index in [0.717, 1.165) is 17.3 Å². The maximum Gasteiger partial charge on any atom is 0.261 e. The van der Waals surface area contributed by atoms with Crippen LogP contribution in [0.15, 0.2) is 46.9 Å². The van der Waals surface area contributed by atoms with Crippen molar-refractivity contribution in [3.63, 3.8) is 0 Å². The van der Waals surface area contributed by atoms with Gasteiger partial charge in [0.1, 0.15) is 5.82 Å². The molecular formula is C22H20BrFN2O3. The van der Waals surface area contributed by atoms with Crippen molar-refractivity contribution in [3.05, 3.63) is 69.4 Å². The number of imide groups is 1. The molecule has 150 valence electrons. The zero-order valence-corrected chi connectivity index (χ0v) is 17.3. The van der Waals surface area contributed by atoms with Gasteiger partial charge in [-0.15, -0.1) is 0 Å². The second-order valence-corrected chi connectivity index (χ2v) is 8.32. The fourth-order valence-corrected chi connectivity index (χ4v) is 3.98. The first kappa shape index (κ1) is 19.8. The van der Waals surface area contributed by atoms with E-state index >= 15 is 0 Å². The third kappa shape index (κ3) is 4.10. The quantitative estimate of drug-likeness (QED) is 0.585. The largest absolute Gasteiger partial charge is 0.335 e. The van der Waals surface area contributed by atoms with Crippen LogP contribution in [0.25, 0.3) is 0 Å². The molecule has 0 atom stereocenters. The van der Waals surface area contributed by atoms with E-state index in [1.165, 1.54) is 11.0 Å². The number of hydrogen-bond acceptors (Lipinski definition) is 3. The van der Waals surface area contributed by atoms with Gasteiger partial charge in [0, 0.05) is 35.6 Å². The van der Waals surface area contributed by atoms with E-state index in [2.05, 4.69) is 15.9 Å². The summed E-state index contributed by atoms with van der Waals surface area (Å²) < 4.78 is 14.7. The van der Waals surface area contributed by atoms with E-state index in [1.54, 1.807) is 41.3 Å². The van der Waals surface area contributed by atoms with Gasteiger partial charge in [0.15, 0.2) is 0 Å². The fraction of sp³-hybridized carbons (Fsp3) is 0.318. The number of hydrogen-bond donors (Lipinski definition) is 0. The second-order valence-electron chi connectivity index (χ2n) is 7.40. The summed E-state index contributed by atoms with van der Waals surface area (Å²) in [6.45, 7) is 0.436. The molecule has 0 unspecified atom stereocenters. The maximum absolute atomic E-state index is 14.0. The standard InChI is InChI=1S/C22H20BrFN2O3/c23-15-7-10-17-18(12-15)22(29)25(21(17)28)11-3-6-20(27)26(16-8-9-16)13-14-4-1-2-5-19(14)24/h1-2,4-5,7,10,12,16H,3,6,8-9,11,13H2. The first-order valence-electron chi connectivity index (χ1n) is 9.64. The molecule has 2 aromatic rings. The number of nitrogens with zero attached hydrogens (tertiary/aromatic N) is 2. The van der Waals surface area contributed by atoms with E-state index in [9.17, 15) is 18.8 Å². The molecule has 7 heteroatoms. The molecule has 4 rings (SSSR count). The van der Waals surface area contributed by atoms with Crippen molar-refractivity contribution in [1.29, 1.82) is 0 Å². The van der Waals surface area contributed by atoms with Crippen LogP contribution in [-0.4, -0.2) is 40.1 Å². The zero-order valence-electron chi connectivity index (χ0n) is 15.7. The predicted octanol–water partition coefficient (Wildman–Crippen LogP) is 4.16. The molecule has 2 aromatic carbocycles. The maximum atomic E-state index is 14.0. The van der Waals surface area contributed by atoms with Gasteiger partial charge in [0.25, 0.3) is 11.8 Å². The lowest BCUT2D eigenvalue weighted by Crippen LogP contribution is -2.35.